The highest BCUT2D eigenvalue weighted by Crippen LogP contribution is 2.13. The van der Waals surface area contributed by atoms with Crippen molar-refractivity contribution >= 4 is 0 Å². The number of nitrogens with zero attached hydrogens (tertiary/aromatic N) is 1. The molecule has 0 saturated carbocycles. The highest BCUT2D eigenvalue weighted by molar-refractivity contribution is 5.04. The van der Waals surface area contributed by atoms with Gasteiger partial charge in [-0.1, -0.05) is 0 Å². The van der Waals surface area contributed by atoms with Crippen LogP contribution in [0.4, 0.5) is 0 Å². The van der Waals surface area contributed by atoms with Gasteiger partial charge in [-0.3, -0.25) is 9.36 Å². The van der Waals surface area contributed by atoms with Crippen molar-refractivity contribution in [3.05, 3.63) is 32.6 Å². The maximum atomic E-state index is 11.7. The average Bonchev–Trinajstić information content (AvgIpc) is 2.78. The Bertz CT molecular complexity index is 469. The molecule has 5 heteroatoms. The summed E-state index contributed by atoms with van der Waals surface area (Å²) in [4.78, 5) is 25.4. The molecular weight excluding hydrogens is 206 g/mol. The molecule has 1 aromatic rings. The lowest BCUT2D eigenvalue weighted by Gasteiger charge is -2.07. The summed E-state index contributed by atoms with van der Waals surface area (Å²) in [5.41, 5.74) is 0.181. The van der Waals surface area contributed by atoms with Crippen LogP contribution in [0.2, 0.25) is 0 Å². The minimum absolute atomic E-state index is 0.172. The molecule has 0 bridgehead atoms. The van der Waals surface area contributed by atoms with Crippen molar-refractivity contribution < 1.29 is 0 Å². The SMILES string of the molecule is Cn1c(=O)[nH]cc(CCC2CCNC2)c1=O. The zero-order valence-electron chi connectivity index (χ0n) is 9.45. The van der Waals surface area contributed by atoms with Crippen LogP contribution in [0.3, 0.4) is 0 Å². The monoisotopic (exact) mass is 223 g/mol. The maximum absolute atomic E-state index is 11.7. The first-order valence-electron chi connectivity index (χ1n) is 5.67. The predicted molar refractivity (Wildman–Crippen MR) is 61.6 cm³/mol. The van der Waals surface area contributed by atoms with E-state index in [1.807, 2.05) is 0 Å². The molecule has 88 valence electrons. The van der Waals surface area contributed by atoms with Gasteiger partial charge in [0.15, 0.2) is 0 Å². The number of aryl methyl sites for hydroxylation is 1. The van der Waals surface area contributed by atoms with E-state index < -0.39 is 0 Å². The fourth-order valence-corrected chi connectivity index (χ4v) is 2.11. The van der Waals surface area contributed by atoms with Gasteiger partial charge in [0.25, 0.3) is 5.56 Å². The molecule has 1 aromatic heterocycles. The molecule has 1 saturated heterocycles. The zero-order chi connectivity index (χ0) is 11.5. The van der Waals surface area contributed by atoms with E-state index in [0.29, 0.717) is 11.5 Å². The third kappa shape index (κ3) is 2.24. The Morgan fingerprint density at radius 2 is 2.31 bits per heavy atom. The molecule has 5 nitrogen and oxygen atoms in total. The first kappa shape index (κ1) is 11.1. The van der Waals surface area contributed by atoms with E-state index >= 15 is 0 Å². The molecule has 1 unspecified atom stereocenters. The molecule has 0 aliphatic carbocycles. The number of hydrogen-bond acceptors (Lipinski definition) is 3. The number of H-pyrrole nitrogens is 1. The lowest BCUT2D eigenvalue weighted by atomic mass is 10.0. The number of nitrogens with one attached hydrogen (secondary N) is 2. The summed E-state index contributed by atoms with van der Waals surface area (Å²) in [6.45, 7) is 2.12. The lowest BCUT2D eigenvalue weighted by Crippen LogP contribution is -2.34. The molecule has 0 radical (unpaired) electrons. The van der Waals surface area contributed by atoms with Crippen LogP contribution in [-0.2, 0) is 13.5 Å². The Balaban J connectivity index is 2.07. The summed E-state index contributed by atoms with van der Waals surface area (Å²) in [5, 5.41) is 3.30. The smallest absolute Gasteiger partial charge is 0.316 e. The Morgan fingerprint density at radius 1 is 1.50 bits per heavy atom. The van der Waals surface area contributed by atoms with Crippen molar-refractivity contribution in [2.24, 2.45) is 13.0 Å². The summed E-state index contributed by atoms with van der Waals surface area (Å²) < 4.78 is 1.13. The van der Waals surface area contributed by atoms with E-state index in [1.165, 1.54) is 13.5 Å². The van der Waals surface area contributed by atoms with Gasteiger partial charge in [0, 0.05) is 18.8 Å². The molecule has 1 fully saturated rings. The topological polar surface area (TPSA) is 66.9 Å². The van der Waals surface area contributed by atoms with Gasteiger partial charge < -0.3 is 10.3 Å². The van der Waals surface area contributed by atoms with Crippen LogP contribution in [-0.4, -0.2) is 22.6 Å². The van der Waals surface area contributed by atoms with Gasteiger partial charge in [-0.2, -0.15) is 0 Å². The van der Waals surface area contributed by atoms with Crippen LogP contribution in [0.25, 0.3) is 0 Å². The van der Waals surface area contributed by atoms with E-state index in [-0.39, 0.29) is 11.2 Å². The van der Waals surface area contributed by atoms with Gasteiger partial charge in [-0.15, -0.1) is 0 Å². The molecule has 2 heterocycles. The quantitative estimate of drug-likeness (QED) is 0.733. The molecule has 0 aromatic carbocycles. The van der Waals surface area contributed by atoms with Gasteiger partial charge in [-0.05, 0) is 38.3 Å². The summed E-state index contributed by atoms with van der Waals surface area (Å²) in [6.07, 6.45) is 4.49. The number of aromatic nitrogens is 2. The predicted octanol–water partition coefficient (Wildman–Crippen LogP) is -0.384. The first-order valence-corrected chi connectivity index (χ1v) is 5.67. The fourth-order valence-electron chi connectivity index (χ4n) is 2.11. The largest absolute Gasteiger partial charge is 0.328 e. The van der Waals surface area contributed by atoms with Gasteiger partial charge in [-0.25, -0.2) is 4.79 Å². The molecular formula is C11H17N3O2. The van der Waals surface area contributed by atoms with E-state index in [2.05, 4.69) is 10.3 Å². The van der Waals surface area contributed by atoms with Crippen LogP contribution in [0, 0.1) is 5.92 Å². The second-order valence-corrected chi connectivity index (χ2v) is 4.38. The van der Waals surface area contributed by atoms with Gasteiger partial charge in [0.05, 0.1) is 0 Å². The van der Waals surface area contributed by atoms with Crippen LogP contribution >= 0.6 is 0 Å². The Labute approximate surface area is 93.5 Å². The van der Waals surface area contributed by atoms with E-state index in [4.69, 9.17) is 0 Å². The van der Waals surface area contributed by atoms with E-state index in [1.54, 1.807) is 6.20 Å². The second kappa shape index (κ2) is 4.65. The first-order chi connectivity index (χ1) is 7.68. The molecule has 1 aliphatic rings. The van der Waals surface area contributed by atoms with E-state index in [0.717, 1.165) is 30.5 Å². The van der Waals surface area contributed by atoms with Crippen molar-refractivity contribution in [3.8, 4) is 0 Å². The summed E-state index contributed by atoms with van der Waals surface area (Å²) >= 11 is 0. The molecule has 1 aliphatic heterocycles. The Hall–Kier alpha value is -1.36. The second-order valence-electron chi connectivity index (χ2n) is 4.38. The molecule has 0 spiro atoms. The fraction of sp³-hybridized carbons (Fsp3) is 0.636. The van der Waals surface area contributed by atoms with Crippen molar-refractivity contribution in [2.45, 2.75) is 19.3 Å². The van der Waals surface area contributed by atoms with Gasteiger partial charge in [0.2, 0.25) is 0 Å². The maximum Gasteiger partial charge on any atom is 0.328 e. The molecule has 16 heavy (non-hydrogen) atoms. The standard InChI is InChI=1S/C11H17N3O2/c1-14-10(15)9(7-13-11(14)16)3-2-8-4-5-12-6-8/h7-8,12H,2-6H2,1H3,(H,13,16). The normalized spacial score (nSPS) is 20.2. The Morgan fingerprint density at radius 3 is 3.00 bits per heavy atom. The number of rotatable bonds is 3. The molecule has 2 rings (SSSR count). The van der Waals surface area contributed by atoms with Crippen molar-refractivity contribution in [2.75, 3.05) is 13.1 Å². The van der Waals surface area contributed by atoms with Gasteiger partial charge in [0.1, 0.15) is 0 Å². The van der Waals surface area contributed by atoms with Crippen LogP contribution in [0.5, 0.6) is 0 Å². The van der Waals surface area contributed by atoms with Crippen LogP contribution in [0.1, 0.15) is 18.4 Å². The average molecular weight is 223 g/mol. The Kier molecular flexibility index (Phi) is 3.24. The number of aromatic amines is 1. The van der Waals surface area contributed by atoms with Crippen molar-refractivity contribution in [1.29, 1.82) is 0 Å². The minimum Gasteiger partial charge on any atom is -0.316 e. The summed E-state index contributed by atoms with van der Waals surface area (Å²) in [6, 6.07) is 0. The highest BCUT2D eigenvalue weighted by atomic mass is 16.2. The van der Waals surface area contributed by atoms with Crippen LogP contribution in [0.15, 0.2) is 15.8 Å². The lowest BCUT2D eigenvalue weighted by molar-refractivity contribution is 0.529. The van der Waals surface area contributed by atoms with Gasteiger partial charge >= 0.3 is 5.69 Å². The minimum atomic E-state index is -0.351. The van der Waals surface area contributed by atoms with Crippen molar-refractivity contribution in [3.63, 3.8) is 0 Å². The molecule has 2 N–H and O–H groups in total. The third-order valence-electron chi connectivity index (χ3n) is 3.24. The highest BCUT2D eigenvalue weighted by Gasteiger charge is 2.15. The molecule has 1 atom stereocenters. The molecule has 0 amide bonds. The van der Waals surface area contributed by atoms with Crippen molar-refractivity contribution in [1.82, 2.24) is 14.9 Å². The van der Waals surface area contributed by atoms with Crippen LogP contribution < -0.4 is 16.6 Å². The third-order valence-corrected chi connectivity index (χ3v) is 3.24. The number of hydrogen-bond donors (Lipinski definition) is 2. The zero-order valence-corrected chi connectivity index (χ0v) is 9.45. The van der Waals surface area contributed by atoms with E-state index in [9.17, 15) is 9.59 Å². The summed E-state index contributed by atoms with van der Waals surface area (Å²) in [5.74, 6) is 0.664. The summed E-state index contributed by atoms with van der Waals surface area (Å²) in [7, 11) is 1.50.